The molecule has 76 valence electrons. The zero-order chi connectivity index (χ0) is 10.3. The van der Waals surface area contributed by atoms with Crippen LogP contribution in [0.25, 0.3) is 0 Å². The number of hydrogen-bond acceptors (Lipinski definition) is 2. The van der Waals surface area contributed by atoms with Crippen LogP contribution in [-0.2, 0) is 9.53 Å². The fraction of sp³-hybridized carbons (Fsp3) is 0.727. The third-order valence-corrected chi connectivity index (χ3v) is 2.49. The summed E-state index contributed by atoms with van der Waals surface area (Å²) >= 11 is 0. The first-order chi connectivity index (χ1) is 6.17. The van der Waals surface area contributed by atoms with Crippen LogP contribution in [-0.4, -0.2) is 19.5 Å². The molecular weight excluding hydrogens is 164 g/mol. The Balaban J connectivity index is 4.21. The number of methoxy groups -OCH3 is 1. The number of ether oxygens (including phenoxy) is 1. The maximum Gasteiger partial charge on any atom is 0.142 e. The lowest BCUT2D eigenvalue weighted by Gasteiger charge is -2.25. The van der Waals surface area contributed by atoms with E-state index < -0.39 is 0 Å². The minimum atomic E-state index is 0.209. The van der Waals surface area contributed by atoms with E-state index in [1.54, 1.807) is 13.2 Å². The Kier molecular flexibility index (Phi) is 6.51. The van der Waals surface area contributed by atoms with Crippen LogP contribution in [0.2, 0.25) is 0 Å². The van der Waals surface area contributed by atoms with Crippen molar-refractivity contribution in [3.63, 3.8) is 0 Å². The molecule has 0 amide bonds. The summed E-state index contributed by atoms with van der Waals surface area (Å²) in [6.07, 6.45) is 5.55. The van der Waals surface area contributed by atoms with Crippen LogP contribution >= 0.6 is 0 Å². The maximum atomic E-state index is 10.1. The SMILES string of the molecule is CCC(C)C(OC)C(C)C=CC=O. The van der Waals surface area contributed by atoms with E-state index in [9.17, 15) is 4.79 Å². The molecule has 0 aliphatic rings. The van der Waals surface area contributed by atoms with Gasteiger partial charge in [0.2, 0.25) is 0 Å². The Morgan fingerprint density at radius 3 is 2.38 bits per heavy atom. The molecule has 0 aliphatic heterocycles. The molecule has 2 heteroatoms. The van der Waals surface area contributed by atoms with Gasteiger partial charge < -0.3 is 4.74 Å². The predicted molar refractivity (Wildman–Crippen MR) is 54.6 cm³/mol. The molecule has 0 saturated carbocycles. The Morgan fingerprint density at radius 2 is 2.00 bits per heavy atom. The van der Waals surface area contributed by atoms with E-state index >= 15 is 0 Å². The molecule has 3 unspecified atom stereocenters. The smallest absolute Gasteiger partial charge is 0.142 e. The summed E-state index contributed by atoms with van der Waals surface area (Å²) in [4.78, 5) is 10.1. The minimum Gasteiger partial charge on any atom is -0.381 e. The summed E-state index contributed by atoms with van der Waals surface area (Å²) in [5.74, 6) is 0.821. The maximum absolute atomic E-state index is 10.1. The van der Waals surface area contributed by atoms with Gasteiger partial charge in [-0.1, -0.05) is 33.3 Å². The number of carbonyl (C=O) groups is 1. The Labute approximate surface area is 81.0 Å². The molecule has 0 aliphatic carbocycles. The van der Waals surface area contributed by atoms with E-state index in [1.165, 1.54) is 0 Å². The van der Waals surface area contributed by atoms with E-state index in [2.05, 4.69) is 20.8 Å². The Hall–Kier alpha value is -0.630. The summed E-state index contributed by atoms with van der Waals surface area (Å²) in [5.41, 5.74) is 0. The number of carbonyl (C=O) groups excluding carboxylic acids is 1. The van der Waals surface area contributed by atoms with E-state index in [-0.39, 0.29) is 6.10 Å². The van der Waals surface area contributed by atoms with Crippen molar-refractivity contribution < 1.29 is 9.53 Å². The number of allylic oxidation sites excluding steroid dienone is 1. The van der Waals surface area contributed by atoms with Gasteiger partial charge in [0.15, 0.2) is 0 Å². The molecule has 2 nitrogen and oxygen atoms in total. The lowest BCUT2D eigenvalue weighted by molar-refractivity contribution is -0.104. The number of rotatable bonds is 6. The second-order valence-electron chi connectivity index (χ2n) is 3.47. The quantitative estimate of drug-likeness (QED) is 0.468. The molecule has 13 heavy (non-hydrogen) atoms. The molecule has 0 heterocycles. The van der Waals surface area contributed by atoms with Crippen molar-refractivity contribution in [3.05, 3.63) is 12.2 Å². The first kappa shape index (κ1) is 12.4. The normalized spacial score (nSPS) is 18.5. The van der Waals surface area contributed by atoms with Crippen LogP contribution in [0.5, 0.6) is 0 Å². The average Bonchev–Trinajstić information content (AvgIpc) is 2.15. The highest BCUT2D eigenvalue weighted by atomic mass is 16.5. The standard InChI is InChI=1S/C11H20O2/c1-5-9(2)11(13-4)10(3)7-6-8-12/h6-11H,5H2,1-4H3. The van der Waals surface area contributed by atoms with Crippen molar-refractivity contribution in [2.45, 2.75) is 33.3 Å². The lowest BCUT2D eigenvalue weighted by atomic mass is 9.91. The van der Waals surface area contributed by atoms with Crippen LogP contribution in [0.1, 0.15) is 27.2 Å². The average molecular weight is 184 g/mol. The topological polar surface area (TPSA) is 26.3 Å². The second-order valence-corrected chi connectivity index (χ2v) is 3.47. The van der Waals surface area contributed by atoms with Crippen molar-refractivity contribution in [3.8, 4) is 0 Å². The highest BCUT2D eigenvalue weighted by Crippen LogP contribution is 2.19. The summed E-state index contributed by atoms with van der Waals surface area (Å²) in [7, 11) is 1.72. The third kappa shape index (κ3) is 4.23. The predicted octanol–water partition coefficient (Wildman–Crippen LogP) is 2.44. The molecule has 0 aromatic carbocycles. The minimum absolute atomic E-state index is 0.209. The highest BCUT2D eigenvalue weighted by Gasteiger charge is 2.19. The third-order valence-electron chi connectivity index (χ3n) is 2.49. The molecule has 0 spiro atoms. The number of hydrogen-bond donors (Lipinski definition) is 0. The van der Waals surface area contributed by atoms with Crippen LogP contribution in [0.4, 0.5) is 0 Å². The van der Waals surface area contributed by atoms with E-state index in [0.717, 1.165) is 12.7 Å². The summed E-state index contributed by atoms with van der Waals surface area (Å²) in [5, 5.41) is 0. The molecule has 0 bridgehead atoms. The molecule has 0 radical (unpaired) electrons. The number of aldehydes is 1. The van der Waals surface area contributed by atoms with Crippen LogP contribution in [0, 0.1) is 11.8 Å². The van der Waals surface area contributed by atoms with E-state index in [0.29, 0.717) is 11.8 Å². The Morgan fingerprint density at radius 1 is 1.38 bits per heavy atom. The molecular formula is C11H20O2. The van der Waals surface area contributed by atoms with Crippen molar-refractivity contribution in [1.82, 2.24) is 0 Å². The van der Waals surface area contributed by atoms with Gasteiger partial charge in [0.05, 0.1) is 6.10 Å². The summed E-state index contributed by atoms with van der Waals surface area (Å²) < 4.78 is 5.39. The largest absolute Gasteiger partial charge is 0.381 e. The molecule has 0 saturated heterocycles. The second kappa shape index (κ2) is 6.84. The van der Waals surface area contributed by atoms with Gasteiger partial charge in [0, 0.05) is 13.0 Å². The summed E-state index contributed by atoms with van der Waals surface area (Å²) in [6, 6.07) is 0. The van der Waals surface area contributed by atoms with Crippen LogP contribution in [0.15, 0.2) is 12.2 Å². The van der Waals surface area contributed by atoms with E-state index in [1.807, 2.05) is 6.08 Å². The van der Waals surface area contributed by atoms with Crippen LogP contribution in [0.3, 0.4) is 0 Å². The molecule has 0 rings (SSSR count). The van der Waals surface area contributed by atoms with Gasteiger partial charge in [-0.15, -0.1) is 0 Å². The van der Waals surface area contributed by atoms with Crippen molar-refractivity contribution in [2.75, 3.05) is 7.11 Å². The van der Waals surface area contributed by atoms with Crippen LogP contribution < -0.4 is 0 Å². The monoisotopic (exact) mass is 184 g/mol. The first-order valence-corrected chi connectivity index (χ1v) is 4.82. The van der Waals surface area contributed by atoms with Gasteiger partial charge in [-0.25, -0.2) is 0 Å². The van der Waals surface area contributed by atoms with Gasteiger partial charge in [0.1, 0.15) is 6.29 Å². The zero-order valence-corrected chi connectivity index (χ0v) is 8.99. The Bertz CT molecular complexity index is 163. The van der Waals surface area contributed by atoms with Gasteiger partial charge in [-0.3, -0.25) is 4.79 Å². The van der Waals surface area contributed by atoms with Crippen molar-refractivity contribution in [1.29, 1.82) is 0 Å². The van der Waals surface area contributed by atoms with Gasteiger partial charge >= 0.3 is 0 Å². The molecule has 3 atom stereocenters. The fourth-order valence-corrected chi connectivity index (χ4v) is 1.53. The fourth-order valence-electron chi connectivity index (χ4n) is 1.53. The molecule has 0 aromatic rings. The lowest BCUT2D eigenvalue weighted by Crippen LogP contribution is -2.26. The molecule has 0 aromatic heterocycles. The van der Waals surface area contributed by atoms with Crippen molar-refractivity contribution in [2.24, 2.45) is 11.8 Å². The summed E-state index contributed by atoms with van der Waals surface area (Å²) in [6.45, 7) is 6.38. The van der Waals surface area contributed by atoms with Gasteiger partial charge in [0.25, 0.3) is 0 Å². The highest BCUT2D eigenvalue weighted by molar-refractivity contribution is 5.64. The molecule has 0 fully saturated rings. The van der Waals surface area contributed by atoms with E-state index in [4.69, 9.17) is 4.74 Å². The van der Waals surface area contributed by atoms with Gasteiger partial charge in [-0.05, 0) is 12.0 Å². The van der Waals surface area contributed by atoms with Gasteiger partial charge in [-0.2, -0.15) is 0 Å². The first-order valence-electron chi connectivity index (χ1n) is 4.82. The zero-order valence-electron chi connectivity index (χ0n) is 8.99. The van der Waals surface area contributed by atoms with Crippen molar-refractivity contribution >= 4 is 6.29 Å². The molecule has 0 N–H and O–H groups in total.